The Balaban J connectivity index is 1.95. The molecule has 176 valence electrons. The van der Waals surface area contributed by atoms with Crippen molar-refractivity contribution in [2.45, 2.75) is 50.6 Å². The molecule has 2 aromatic carbocycles. The maximum absolute atomic E-state index is 13.9. The van der Waals surface area contributed by atoms with Gasteiger partial charge >= 0.3 is 0 Å². The molecular formula is C25H29Cl2N3O3. The van der Waals surface area contributed by atoms with E-state index in [1.807, 2.05) is 30.3 Å². The third kappa shape index (κ3) is 5.87. The van der Waals surface area contributed by atoms with Crippen molar-refractivity contribution >= 4 is 40.9 Å². The Labute approximate surface area is 204 Å². The highest BCUT2D eigenvalue weighted by Crippen LogP contribution is 2.36. The fraction of sp³-hybridized carbons (Fsp3) is 0.400. The first kappa shape index (κ1) is 25.1. The molecule has 3 rings (SSSR count). The predicted octanol–water partition coefficient (Wildman–Crippen LogP) is 4.50. The van der Waals surface area contributed by atoms with Gasteiger partial charge in [-0.05, 0) is 42.2 Å². The van der Waals surface area contributed by atoms with Crippen molar-refractivity contribution in [2.24, 2.45) is 0 Å². The summed E-state index contributed by atoms with van der Waals surface area (Å²) in [5.74, 6) is -0.829. The first-order chi connectivity index (χ1) is 15.7. The molecule has 1 saturated carbocycles. The van der Waals surface area contributed by atoms with Crippen LogP contribution in [-0.4, -0.2) is 41.8 Å². The van der Waals surface area contributed by atoms with Crippen LogP contribution >= 0.6 is 23.2 Å². The summed E-state index contributed by atoms with van der Waals surface area (Å²) >= 11 is 12.6. The largest absolute Gasteiger partial charge is 0.347 e. The lowest BCUT2D eigenvalue weighted by Crippen LogP contribution is -2.61. The van der Waals surface area contributed by atoms with Gasteiger partial charge < -0.3 is 15.5 Å². The Bertz CT molecular complexity index is 1000. The van der Waals surface area contributed by atoms with Gasteiger partial charge in [-0.25, -0.2) is 0 Å². The lowest BCUT2D eigenvalue weighted by atomic mass is 9.79. The van der Waals surface area contributed by atoms with Gasteiger partial charge in [0, 0.05) is 24.0 Å². The van der Waals surface area contributed by atoms with Gasteiger partial charge in [-0.2, -0.15) is 0 Å². The first-order valence-electron chi connectivity index (χ1n) is 11.1. The van der Waals surface area contributed by atoms with Crippen LogP contribution in [0.3, 0.4) is 0 Å². The van der Waals surface area contributed by atoms with Crippen LogP contribution in [0.1, 0.15) is 56.2 Å². The van der Waals surface area contributed by atoms with Crippen molar-refractivity contribution in [1.82, 2.24) is 15.5 Å². The molecule has 0 saturated heterocycles. The monoisotopic (exact) mass is 489 g/mol. The highest BCUT2D eigenvalue weighted by molar-refractivity contribution is 6.31. The summed E-state index contributed by atoms with van der Waals surface area (Å²) < 4.78 is 0. The van der Waals surface area contributed by atoms with Crippen molar-refractivity contribution in [1.29, 1.82) is 0 Å². The predicted molar refractivity (Wildman–Crippen MR) is 130 cm³/mol. The molecule has 0 radical (unpaired) electrons. The smallest absolute Gasteiger partial charge is 0.246 e. The van der Waals surface area contributed by atoms with Gasteiger partial charge in [-0.3, -0.25) is 14.4 Å². The normalized spacial score (nSPS) is 15.9. The number of benzene rings is 2. The maximum atomic E-state index is 13.9. The lowest BCUT2D eigenvalue weighted by molar-refractivity contribution is -0.148. The van der Waals surface area contributed by atoms with Gasteiger partial charge in [0.15, 0.2) is 0 Å². The minimum Gasteiger partial charge on any atom is -0.347 e. The highest BCUT2D eigenvalue weighted by atomic mass is 35.5. The summed E-state index contributed by atoms with van der Waals surface area (Å²) in [6, 6.07) is 14.1. The Hall–Kier alpha value is -2.57. The van der Waals surface area contributed by atoms with Crippen LogP contribution in [0.5, 0.6) is 0 Å². The van der Waals surface area contributed by atoms with Gasteiger partial charge in [-0.1, -0.05) is 72.8 Å². The molecule has 2 aromatic rings. The van der Waals surface area contributed by atoms with Crippen LogP contribution in [0, 0.1) is 0 Å². The van der Waals surface area contributed by atoms with Crippen LogP contribution in [0.4, 0.5) is 0 Å². The topological polar surface area (TPSA) is 78.5 Å². The molecule has 3 amide bonds. The summed E-state index contributed by atoms with van der Waals surface area (Å²) in [4.78, 5) is 39.5. The molecule has 1 fully saturated rings. The van der Waals surface area contributed by atoms with E-state index in [-0.39, 0.29) is 24.3 Å². The Kier molecular flexibility index (Phi) is 8.38. The zero-order chi connectivity index (χ0) is 24.0. The number of rotatable bonds is 7. The second-order valence-corrected chi connectivity index (χ2v) is 9.28. The van der Waals surface area contributed by atoms with E-state index in [4.69, 9.17) is 23.2 Å². The van der Waals surface area contributed by atoms with E-state index < -0.39 is 11.6 Å². The highest BCUT2D eigenvalue weighted by Gasteiger charge is 2.46. The SMILES string of the molecule is CC(=O)NCC(=O)N(C)C1(C(=O)N[C@@H](c2ccc(Cl)cc2)c2ccccc2Cl)CCCCC1. The molecule has 0 heterocycles. The van der Waals surface area contributed by atoms with Crippen LogP contribution in [0.25, 0.3) is 0 Å². The fourth-order valence-corrected chi connectivity index (χ4v) is 4.75. The maximum Gasteiger partial charge on any atom is 0.246 e. The van der Waals surface area contributed by atoms with E-state index >= 15 is 0 Å². The standard InChI is InChI=1S/C25H29Cl2N3O3/c1-17(31)28-16-22(32)30(2)25(14-6-3-7-15-25)24(33)29-23(18-10-12-19(26)13-11-18)20-8-4-5-9-21(20)27/h4-5,8-13,23H,3,6-7,14-16H2,1-2H3,(H,28,31)(H,29,33)/t23-/m0/s1. The van der Waals surface area contributed by atoms with Crippen LogP contribution in [-0.2, 0) is 14.4 Å². The molecular weight excluding hydrogens is 461 g/mol. The van der Waals surface area contributed by atoms with Crippen molar-refractivity contribution < 1.29 is 14.4 Å². The molecule has 8 heteroatoms. The molecule has 0 aliphatic heterocycles. The molecule has 0 aromatic heterocycles. The van der Waals surface area contributed by atoms with Gasteiger partial charge in [0.2, 0.25) is 17.7 Å². The molecule has 1 aliphatic rings. The number of nitrogens with zero attached hydrogens (tertiary/aromatic N) is 1. The average Bonchev–Trinajstić information content (AvgIpc) is 2.82. The number of carbonyl (C=O) groups is 3. The van der Waals surface area contributed by atoms with E-state index in [1.54, 1.807) is 25.2 Å². The van der Waals surface area contributed by atoms with Crippen molar-refractivity contribution in [2.75, 3.05) is 13.6 Å². The Morgan fingerprint density at radius 1 is 1.00 bits per heavy atom. The van der Waals surface area contributed by atoms with Gasteiger partial charge in [-0.15, -0.1) is 0 Å². The number of likely N-dealkylation sites (N-methyl/N-ethyl adjacent to an activating group) is 1. The molecule has 0 spiro atoms. The molecule has 0 bridgehead atoms. The number of halogens is 2. The zero-order valence-corrected chi connectivity index (χ0v) is 20.4. The minimum absolute atomic E-state index is 0.147. The second kappa shape index (κ2) is 11.0. The molecule has 1 aliphatic carbocycles. The molecule has 2 N–H and O–H groups in total. The van der Waals surface area contributed by atoms with E-state index in [9.17, 15) is 14.4 Å². The molecule has 6 nitrogen and oxygen atoms in total. The van der Waals surface area contributed by atoms with E-state index in [2.05, 4.69) is 10.6 Å². The summed E-state index contributed by atoms with van der Waals surface area (Å²) in [5, 5.41) is 6.83. The molecule has 1 atom stereocenters. The van der Waals surface area contributed by atoms with Crippen LogP contribution < -0.4 is 10.6 Å². The van der Waals surface area contributed by atoms with Gasteiger partial charge in [0.1, 0.15) is 5.54 Å². The number of hydrogen-bond acceptors (Lipinski definition) is 3. The summed E-state index contributed by atoms with van der Waals surface area (Å²) in [7, 11) is 1.64. The molecule has 0 unspecified atom stereocenters. The van der Waals surface area contributed by atoms with Crippen molar-refractivity contribution in [3.63, 3.8) is 0 Å². The summed E-state index contributed by atoms with van der Waals surface area (Å²) in [6.07, 6.45) is 3.79. The summed E-state index contributed by atoms with van der Waals surface area (Å²) in [6.45, 7) is 1.21. The van der Waals surface area contributed by atoms with Crippen molar-refractivity contribution in [3.8, 4) is 0 Å². The zero-order valence-electron chi connectivity index (χ0n) is 18.9. The quantitative estimate of drug-likeness (QED) is 0.600. The number of amides is 3. The third-order valence-electron chi connectivity index (χ3n) is 6.30. The number of carbonyl (C=O) groups excluding carboxylic acids is 3. The number of hydrogen-bond donors (Lipinski definition) is 2. The summed E-state index contributed by atoms with van der Waals surface area (Å²) in [5.41, 5.74) is 0.590. The van der Waals surface area contributed by atoms with Crippen LogP contribution in [0.15, 0.2) is 48.5 Å². The average molecular weight is 490 g/mol. The van der Waals surface area contributed by atoms with Gasteiger partial charge in [0.05, 0.1) is 12.6 Å². The van der Waals surface area contributed by atoms with E-state index in [1.165, 1.54) is 11.8 Å². The van der Waals surface area contributed by atoms with Gasteiger partial charge in [0.25, 0.3) is 0 Å². The Morgan fingerprint density at radius 3 is 2.24 bits per heavy atom. The molecule has 33 heavy (non-hydrogen) atoms. The minimum atomic E-state index is -1.00. The van der Waals surface area contributed by atoms with Crippen molar-refractivity contribution in [3.05, 3.63) is 69.7 Å². The van der Waals surface area contributed by atoms with E-state index in [0.717, 1.165) is 30.4 Å². The number of nitrogens with one attached hydrogen (secondary N) is 2. The van der Waals surface area contributed by atoms with Crippen LogP contribution in [0.2, 0.25) is 10.0 Å². The lowest BCUT2D eigenvalue weighted by Gasteiger charge is -2.44. The fourth-order valence-electron chi connectivity index (χ4n) is 4.38. The second-order valence-electron chi connectivity index (χ2n) is 8.43. The first-order valence-corrected chi connectivity index (χ1v) is 11.8. The Morgan fingerprint density at radius 2 is 1.64 bits per heavy atom. The third-order valence-corrected chi connectivity index (χ3v) is 6.90. The van der Waals surface area contributed by atoms with E-state index in [0.29, 0.717) is 22.9 Å².